The number of hydrogen-bond acceptors (Lipinski definition) is 0. The molecule has 0 amide bonds. The van der Waals surface area contributed by atoms with Crippen LogP contribution < -0.4 is 0 Å². The molecule has 6 aromatic rings. The van der Waals surface area contributed by atoms with Crippen LogP contribution in [0.5, 0.6) is 0 Å². The molecule has 192 valence electrons. The summed E-state index contributed by atoms with van der Waals surface area (Å²) in [5.74, 6) is 0. The molecule has 0 heterocycles. The Hall–Kier alpha value is -4.68. The van der Waals surface area contributed by atoms with Gasteiger partial charge in [-0.05, 0) is 105 Å². The summed E-state index contributed by atoms with van der Waals surface area (Å²) in [6.07, 6.45) is 0.932. The van der Waals surface area contributed by atoms with Crippen molar-refractivity contribution in [3.05, 3.63) is 155 Å². The van der Waals surface area contributed by atoms with Gasteiger partial charge in [0.2, 0.25) is 0 Å². The summed E-state index contributed by atoms with van der Waals surface area (Å²) in [6.45, 7) is 6.76. The van der Waals surface area contributed by atoms with Gasteiger partial charge in [-0.3, -0.25) is 0 Å². The molecule has 6 aromatic carbocycles. The van der Waals surface area contributed by atoms with Gasteiger partial charge in [-0.1, -0.05) is 133 Å². The first-order valence-corrected chi connectivity index (χ1v) is 14.2. The molecule has 0 N–H and O–H groups in total. The van der Waals surface area contributed by atoms with Gasteiger partial charge in [-0.15, -0.1) is 0 Å². The van der Waals surface area contributed by atoms with Crippen molar-refractivity contribution in [2.75, 3.05) is 0 Å². The molecule has 0 spiro atoms. The Balaban J connectivity index is 1.78. The van der Waals surface area contributed by atoms with Gasteiger partial charge in [0.15, 0.2) is 0 Å². The van der Waals surface area contributed by atoms with Crippen LogP contribution in [0.15, 0.2) is 127 Å². The van der Waals surface area contributed by atoms with Crippen LogP contribution in [0.3, 0.4) is 0 Å². The van der Waals surface area contributed by atoms with E-state index in [1.54, 1.807) is 0 Å². The van der Waals surface area contributed by atoms with Crippen LogP contribution in [0, 0.1) is 20.8 Å². The summed E-state index contributed by atoms with van der Waals surface area (Å²) < 4.78 is 0. The Kier molecular flexibility index (Phi) is 5.98. The van der Waals surface area contributed by atoms with E-state index in [9.17, 15) is 0 Å². The van der Waals surface area contributed by atoms with E-state index in [0.717, 1.165) is 6.42 Å². The van der Waals surface area contributed by atoms with Crippen molar-refractivity contribution in [1.29, 1.82) is 0 Å². The number of hydrogen-bond donors (Lipinski definition) is 0. The second-order valence-electron chi connectivity index (χ2n) is 11.1. The smallest absolute Gasteiger partial charge is 0.000683 e. The van der Waals surface area contributed by atoms with Crippen molar-refractivity contribution >= 4 is 0 Å². The van der Waals surface area contributed by atoms with Crippen molar-refractivity contribution in [3.63, 3.8) is 0 Å². The Morgan fingerprint density at radius 3 is 1.40 bits per heavy atom. The van der Waals surface area contributed by atoms with Gasteiger partial charge in [0.1, 0.15) is 0 Å². The summed E-state index contributed by atoms with van der Waals surface area (Å²) >= 11 is 0. The maximum absolute atomic E-state index is 2.34. The first-order chi connectivity index (χ1) is 19.6. The van der Waals surface area contributed by atoms with Gasteiger partial charge < -0.3 is 0 Å². The number of fused-ring (bicyclic) bond motifs is 3. The maximum Gasteiger partial charge on any atom is -0.000683 e. The van der Waals surface area contributed by atoms with Crippen LogP contribution in [-0.4, -0.2) is 0 Å². The summed E-state index contributed by atoms with van der Waals surface area (Å²) in [6, 6.07) is 46.8. The second kappa shape index (κ2) is 9.81. The molecular weight excluding hydrogens is 480 g/mol. The maximum atomic E-state index is 2.34. The molecule has 40 heavy (non-hydrogen) atoms. The minimum Gasteiger partial charge on any atom is -0.0622 e. The summed E-state index contributed by atoms with van der Waals surface area (Å²) in [4.78, 5) is 0. The highest BCUT2D eigenvalue weighted by Crippen LogP contribution is 2.56. The van der Waals surface area contributed by atoms with E-state index in [-0.39, 0.29) is 0 Å². The largest absolute Gasteiger partial charge is 0.0622 e. The SMILES string of the molecule is Cc1cc(C)c(-c2c(-c3ccccc3)c3c(c(-c4ccccc4)c2-c2ccccc2)-c2ccccc2C3)c(C)c1. The van der Waals surface area contributed by atoms with Gasteiger partial charge in [0.25, 0.3) is 0 Å². The van der Waals surface area contributed by atoms with E-state index < -0.39 is 0 Å². The van der Waals surface area contributed by atoms with Crippen molar-refractivity contribution in [2.24, 2.45) is 0 Å². The molecule has 0 aromatic heterocycles. The van der Waals surface area contributed by atoms with E-state index in [4.69, 9.17) is 0 Å². The van der Waals surface area contributed by atoms with Crippen LogP contribution in [0.25, 0.3) is 55.6 Å². The van der Waals surface area contributed by atoms with Gasteiger partial charge in [-0.25, -0.2) is 0 Å². The van der Waals surface area contributed by atoms with Crippen LogP contribution in [-0.2, 0) is 6.42 Å². The summed E-state index contributed by atoms with van der Waals surface area (Å²) in [5, 5.41) is 0. The molecule has 0 radical (unpaired) electrons. The quantitative estimate of drug-likeness (QED) is 0.220. The van der Waals surface area contributed by atoms with Crippen LogP contribution in [0.4, 0.5) is 0 Å². The van der Waals surface area contributed by atoms with E-state index in [1.165, 1.54) is 83.5 Å². The van der Waals surface area contributed by atoms with Crippen molar-refractivity contribution in [2.45, 2.75) is 27.2 Å². The van der Waals surface area contributed by atoms with Crippen LogP contribution >= 0.6 is 0 Å². The average molecular weight is 513 g/mol. The summed E-state index contributed by atoms with van der Waals surface area (Å²) in [7, 11) is 0. The lowest BCUT2D eigenvalue weighted by Crippen LogP contribution is -2.03. The molecular formula is C40H32. The molecule has 0 saturated heterocycles. The zero-order valence-electron chi connectivity index (χ0n) is 23.3. The zero-order chi connectivity index (χ0) is 27.2. The Labute approximate surface area is 237 Å². The van der Waals surface area contributed by atoms with Crippen molar-refractivity contribution in [3.8, 4) is 55.6 Å². The van der Waals surface area contributed by atoms with Crippen molar-refractivity contribution in [1.82, 2.24) is 0 Å². The molecule has 0 nitrogen and oxygen atoms in total. The molecule has 1 aliphatic carbocycles. The average Bonchev–Trinajstić information content (AvgIpc) is 3.36. The fourth-order valence-corrected chi connectivity index (χ4v) is 6.92. The van der Waals surface area contributed by atoms with E-state index >= 15 is 0 Å². The zero-order valence-corrected chi connectivity index (χ0v) is 23.3. The Morgan fingerprint density at radius 1 is 0.400 bits per heavy atom. The minimum absolute atomic E-state index is 0.932. The highest BCUT2D eigenvalue weighted by atomic mass is 14.4. The highest BCUT2D eigenvalue weighted by molar-refractivity contribution is 6.11. The lowest BCUT2D eigenvalue weighted by atomic mass is 9.75. The molecule has 0 bridgehead atoms. The molecule has 0 atom stereocenters. The third kappa shape index (κ3) is 3.91. The van der Waals surface area contributed by atoms with Gasteiger partial charge in [0.05, 0.1) is 0 Å². The number of aryl methyl sites for hydroxylation is 3. The minimum atomic E-state index is 0.932. The third-order valence-corrected chi connectivity index (χ3v) is 8.37. The van der Waals surface area contributed by atoms with Gasteiger partial charge in [-0.2, -0.15) is 0 Å². The molecule has 7 rings (SSSR count). The molecule has 0 fully saturated rings. The number of rotatable bonds is 4. The van der Waals surface area contributed by atoms with Gasteiger partial charge >= 0.3 is 0 Å². The first kappa shape index (κ1) is 24.4. The lowest BCUT2D eigenvalue weighted by molar-refractivity contribution is 1.26. The standard InChI is InChI=1S/C40H32/c1-26-23-27(2)35(28(3)24-26)40-36(29-15-7-4-8-16-29)34-25-32-21-13-14-22-33(32)39(34)37(30-17-9-5-10-18-30)38(40)31-19-11-6-12-20-31/h4-24H,25H2,1-3H3. The third-order valence-electron chi connectivity index (χ3n) is 8.37. The van der Waals surface area contributed by atoms with Crippen LogP contribution in [0.1, 0.15) is 27.8 Å². The fourth-order valence-electron chi connectivity index (χ4n) is 6.92. The van der Waals surface area contributed by atoms with E-state index in [1.807, 2.05) is 0 Å². The topological polar surface area (TPSA) is 0 Å². The summed E-state index contributed by atoms with van der Waals surface area (Å²) in [5.41, 5.74) is 20.0. The Morgan fingerprint density at radius 2 is 0.850 bits per heavy atom. The fraction of sp³-hybridized carbons (Fsp3) is 0.100. The highest BCUT2D eigenvalue weighted by Gasteiger charge is 2.32. The molecule has 0 unspecified atom stereocenters. The lowest BCUT2D eigenvalue weighted by Gasteiger charge is -2.27. The molecule has 1 aliphatic rings. The molecule has 0 saturated carbocycles. The van der Waals surface area contributed by atoms with E-state index in [0.29, 0.717) is 0 Å². The first-order valence-electron chi connectivity index (χ1n) is 14.2. The molecule has 0 aliphatic heterocycles. The van der Waals surface area contributed by atoms with E-state index in [2.05, 4.69) is 148 Å². The molecule has 0 heteroatoms. The monoisotopic (exact) mass is 512 g/mol. The second-order valence-corrected chi connectivity index (χ2v) is 11.1. The van der Waals surface area contributed by atoms with Crippen molar-refractivity contribution < 1.29 is 0 Å². The Bertz CT molecular complexity index is 1840. The van der Waals surface area contributed by atoms with Crippen LogP contribution in [0.2, 0.25) is 0 Å². The normalized spacial score (nSPS) is 11.8. The van der Waals surface area contributed by atoms with Gasteiger partial charge in [0, 0.05) is 0 Å². The predicted molar refractivity (Wildman–Crippen MR) is 171 cm³/mol. The predicted octanol–water partition coefficient (Wildman–Crippen LogP) is 10.9. The number of benzene rings is 6.